The second-order valence-electron chi connectivity index (χ2n) is 6.17. The second kappa shape index (κ2) is 7.43. The number of aromatic nitrogens is 1. The van der Waals surface area contributed by atoms with Crippen molar-refractivity contribution in [3.8, 4) is 0 Å². The third kappa shape index (κ3) is 4.20. The van der Waals surface area contributed by atoms with Gasteiger partial charge in [0.1, 0.15) is 11.4 Å². The molecule has 8 heteroatoms. The molecule has 0 unspecified atom stereocenters. The fraction of sp³-hybridized carbons (Fsp3) is 0.333. The minimum Gasteiger partial charge on any atom is -0.354 e. The number of benzene rings is 1. The van der Waals surface area contributed by atoms with Crippen LogP contribution in [-0.2, 0) is 14.8 Å². The Morgan fingerprint density at radius 2 is 1.96 bits per heavy atom. The summed E-state index contributed by atoms with van der Waals surface area (Å²) in [5.74, 6) is 0.539. The van der Waals surface area contributed by atoms with E-state index >= 15 is 0 Å². The van der Waals surface area contributed by atoms with E-state index in [9.17, 15) is 13.2 Å². The highest BCUT2D eigenvalue weighted by Crippen LogP contribution is 2.32. The largest absolute Gasteiger partial charge is 0.354 e. The highest BCUT2D eigenvalue weighted by Gasteiger charge is 2.30. The Labute approximate surface area is 152 Å². The van der Waals surface area contributed by atoms with Gasteiger partial charge in [0.05, 0.1) is 4.90 Å². The molecule has 0 bridgehead atoms. The van der Waals surface area contributed by atoms with Gasteiger partial charge in [-0.15, -0.1) is 0 Å². The fourth-order valence-electron chi connectivity index (χ4n) is 2.43. The van der Waals surface area contributed by atoms with Crippen LogP contribution in [0.1, 0.15) is 36.8 Å². The van der Waals surface area contributed by atoms with E-state index in [0.717, 1.165) is 18.4 Å². The summed E-state index contributed by atoms with van der Waals surface area (Å²) in [5, 5.41) is 6.77. The van der Waals surface area contributed by atoms with E-state index in [0.29, 0.717) is 23.7 Å². The van der Waals surface area contributed by atoms with Crippen molar-refractivity contribution in [3.63, 3.8) is 0 Å². The molecule has 0 aliphatic heterocycles. The van der Waals surface area contributed by atoms with Crippen LogP contribution in [0.2, 0.25) is 0 Å². The van der Waals surface area contributed by atoms with E-state index in [1.807, 2.05) is 0 Å². The van der Waals surface area contributed by atoms with Crippen molar-refractivity contribution < 1.29 is 17.7 Å². The zero-order chi connectivity index (χ0) is 18.7. The number of hydrogen-bond donors (Lipinski definition) is 2. The molecule has 1 aliphatic carbocycles. The van der Waals surface area contributed by atoms with Gasteiger partial charge in [-0.05, 0) is 43.5 Å². The first-order valence-corrected chi connectivity index (χ1v) is 9.94. The molecule has 3 rings (SSSR count). The van der Waals surface area contributed by atoms with E-state index in [2.05, 4.69) is 15.2 Å². The minimum absolute atomic E-state index is 0.0102. The molecule has 1 aliphatic rings. The molecule has 1 aromatic heterocycles. The summed E-state index contributed by atoms with van der Waals surface area (Å²) >= 11 is 0. The molecule has 0 radical (unpaired) electrons. The Kier molecular flexibility index (Phi) is 5.24. The van der Waals surface area contributed by atoms with Crippen LogP contribution in [0.15, 0.2) is 33.7 Å². The molecule has 1 saturated carbocycles. The van der Waals surface area contributed by atoms with Crippen LogP contribution < -0.4 is 10.0 Å². The normalized spacial score (nSPS) is 14.7. The first kappa shape index (κ1) is 18.3. The molecule has 2 aromatic rings. The van der Waals surface area contributed by atoms with Crippen LogP contribution in [0.3, 0.4) is 0 Å². The van der Waals surface area contributed by atoms with E-state index in [4.69, 9.17) is 4.52 Å². The van der Waals surface area contributed by atoms with Crippen molar-refractivity contribution >= 4 is 33.8 Å². The number of sulfonamides is 1. The standard InChI is InChI=1S/C18H21N3O4S/c1-3-19-26(23,24)15-9-4-13(5-10-15)6-11-16-17(12(2)21-25-16)20-18(22)14-7-8-14/h4-6,9-11,14,19H,3,7-8H2,1-2H3,(H,20,22). The van der Waals surface area contributed by atoms with E-state index in [1.54, 1.807) is 50.3 Å². The Morgan fingerprint density at radius 1 is 1.27 bits per heavy atom. The maximum atomic E-state index is 12.0. The van der Waals surface area contributed by atoms with Gasteiger partial charge in [-0.2, -0.15) is 0 Å². The van der Waals surface area contributed by atoms with Crippen LogP contribution in [-0.4, -0.2) is 26.0 Å². The van der Waals surface area contributed by atoms with Gasteiger partial charge < -0.3 is 9.84 Å². The molecule has 0 spiro atoms. The van der Waals surface area contributed by atoms with Crippen LogP contribution in [0.4, 0.5) is 5.69 Å². The molecular formula is C18H21N3O4S. The highest BCUT2D eigenvalue weighted by atomic mass is 32.2. The lowest BCUT2D eigenvalue weighted by Gasteiger charge is -2.04. The zero-order valence-corrected chi connectivity index (χ0v) is 15.5. The summed E-state index contributed by atoms with van der Waals surface area (Å²) in [6.45, 7) is 3.83. The number of anilines is 1. The van der Waals surface area contributed by atoms with Crippen molar-refractivity contribution in [1.82, 2.24) is 9.88 Å². The summed E-state index contributed by atoms with van der Waals surface area (Å²) in [5.41, 5.74) is 1.99. The summed E-state index contributed by atoms with van der Waals surface area (Å²) in [4.78, 5) is 12.2. The molecule has 0 saturated heterocycles. The van der Waals surface area contributed by atoms with Gasteiger partial charge in [0.25, 0.3) is 0 Å². The number of aryl methyl sites for hydroxylation is 1. The van der Waals surface area contributed by atoms with Crippen LogP contribution in [0, 0.1) is 12.8 Å². The Morgan fingerprint density at radius 3 is 2.58 bits per heavy atom. The lowest BCUT2D eigenvalue weighted by molar-refractivity contribution is -0.117. The van der Waals surface area contributed by atoms with Crippen molar-refractivity contribution in [3.05, 3.63) is 41.3 Å². The molecule has 2 N–H and O–H groups in total. The number of carbonyl (C=O) groups excluding carboxylic acids is 1. The van der Waals surface area contributed by atoms with E-state index < -0.39 is 10.0 Å². The van der Waals surface area contributed by atoms with Crippen molar-refractivity contribution in [2.24, 2.45) is 5.92 Å². The Bertz CT molecular complexity index is 926. The maximum Gasteiger partial charge on any atom is 0.240 e. The van der Waals surface area contributed by atoms with Crippen molar-refractivity contribution in [2.45, 2.75) is 31.6 Å². The fourth-order valence-corrected chi connectivity index (χ4v) is 3.47. The quantitative estimate of drug-likeness (QED) is 0.775. The lowest BCUT2D eigenvalue weighted by Crippen LogP contribution is -2.22. The smallest absolute Gasteiger partial charge is 0.240 e. The molecule has 7 nitrogen and oxygen atoms in total. The Balaban J connectivity index is 1.75. The molecule has 26 heavy (non-hydrogen) atoms. The summed E-state index contributed by atoms with van der Waals surface area (Å²) in [6.07, 6.45) is 5.32. The molecule has 1 heterocycles. The van der Waals surface area contributed by atoms with Gasteiger partial charge in [-0.3, -0.25) is 4.79 Å². The number of nitrogens with one attached hydrogen (secondary N) is 2. The molecule has 1 aromatic carbocycles. The average Bonchev–Trinajstić information content (AvgIpc) is 3.40. The first-order chi connectivity index (χ1) is 12.4. The summed E-state index contributed by atoms with van der Waals surface area (Å²) < 4.78 is 31.6. The van der Waals surface area contributed by atoms with Gasteiger partial charge in [-0.25, -0.2) is 13.1 Å². The third-order valence-corrected chi connectivity index (χ3v) is 5.60. The number of rotatable bonds is 7. The predicted molar refractivity (Wildman–Crippen MR) is 98.8 cm³/mol. The summed E-state index contributed by atoms with van der Waals surface area (Å²) in [6, 6.07) is 6.48. The second-order valence-corrected chi connectivity index (χ2v) is 7.94. The van der Waals surface area contributed by atoms with Gasteiger partial charge in [0, 0.05) is 12.5 Å². The van der Waals surface area contributed by atoms with E-state index in [1.165, 1.54) is 0 Å². The zero-order valence-electron chi connectivity index (χ0n) is 14.7. The average molecular weight is 375 g/mol. The van der Waals surface area contributed by atoms with Gasteiger partial charge >= 0.3 is 0 Å². The maximum absolute atomic E-state index is 12.0. The number of amides is 1. The molecule has 1 amide bonds. The predicted octanol–water partition coefficient (Wildman–Crippen LogP) is 2.80. The minimum atomic E-state index is -3.46. The van der Waals surface area contributed by atoms with Crippen LogP contribution in [0.25, 0.3) is 12.2 Å². The molecule has 0 atom stereocenters. The van der Waals surface area contributed by atoms with Crippen molar-refractivity contribution in [2.75, 3.05) is 11.9 Å². The Hall–Kier alpha value is -2.45. The highest BCUT2D eigenvalue weighted by molar-refractivity contribution is 7.89. The monoisotopic (exact) mass is 375 g/mol. The number of nitrogens with zero attached hydrogens (tertiary/aromatic N) is 1. The third-order valence-electron chi connectivity index (χ3n) is 4.04. The van der Waals surface area contributed by atoms with Gasteiger partial charge in [0.15, 0.2) is 5.76 Å². The summed E-state index contributed by atoms with van der Waals surface area (Å²) in [7, 11) is -3.46. The molecular weight excluding hydrogens is 354 g/mol. The number of hydrogen-bond acceptors (Lipinski definition) is 5. The lowest BCUT2D eigenvalue weighted by atomic mass is 10.2. The van der Waals surface area contributed by atoms with Gasteiger partial charge in [-0.1, -0.05) is 30.3 Å². The first-order valence-electron chi connectivity index (χ1n) is 8.45. The molecule has 1 fully saturated rings. The van der Waals surface area contributed by atoms with E-state index in [-0.39, 0.29) is 16.7 Å². The van der Waals surface area contributed by atoms with Crippen LogP contribution >= 0.6 is 0 Å². The SMILES string of the molecule is CCNS(=O)(=O)c1ccc(C=Cc2onc(C)c2NC(=O)C2CC2)cc1. The molecule has 138 valence electrons. The topological polar surface area (TPSA) is 101 Å². The van der Waals surface area contributed by atoms with Crippen molar-refractivity contribution in [1.29, 1.82) is 0 Å². The van der Waals surface area contributed by atoms with Crippen LogP contribution in [0.5, 0.6) is 0 Å². The van der Waals surface area contributed by atoms with Gasteiger partial charge in [0.2, 0.25) is 15.9 Å². The number of carbonyl (C=O) groups is 1.